The summed E-state index contributed by atoms with van der Waals surface area (Å²) in [5.41, 5.74) is 5.98. The fraction of sp³-hybridized carbons (Fsp3) is 0.111. The second-order valence-electron chi connectivity index (χ2n) is 7.94. The second-order valence-corrected chi connectivity index (χ2v) is 9.93. The summed E-state index contributed by atoms with van der Waals surface area (Å²) < 4.78 is 25.2. The maximum atomic E-state index is 12.6. The van der Waals surface area contributed by atoms with Gasteiger partial charge in [-0.3, -0.25) is 5.10 Å². The first-order valence-electron chi connectivity index (χ1n) is 10.8. The third-order valence-corrected chi connectivity index (χ3v) is 6.77. The molecule has 0 aliphatic carbocycles. The van der Waals surface area contributed by atoms with E-state index in [0.29, 0.717) is 12.0 Å². The van der Waals surface area contributed by atoms with E-state index in [-0.39, 0.29) is 4.90 Å². The van der Waals surface area contributed by atoms with Crippen LogP contribution in [0.2, 0.25) is 0 Å². The molecule has 0 unspecified atom stereocenters. The van der Waals surface area contributed by atoms with Crippen molar-refractivity contribution in [3.8, 4) is 0 Å². The Hall–Kier alpha value is -3.97. The van der Waals surface area contributed by atoms with Crippen molar-refractivity contribution in [1.82, 2.24) is 10.2 Å². The largest absolute Gasteiger partial charge is 0.478 e. The van der Waals surface area contributed by atoms with Crippen molar-refractivity contribution in [3.63, 3.8) is 0 Å². The minimum atomic E-state index is -3.45. The van der Waals surface area contributed by atoms with E-state index in [1.807, 2.05) is 61.5 Å². The Bertz CT molecular complexity index is 1530. The summed E-state index contributed by atoms with van der Waals surface area (Å²) in [7, 11) is -3.45. The number of H-pyrrole nitrogens is 1. The normalized spacial score (nSPS) is 12.8. The van der Waals surface area contributed by atoms with Crippen LogP contribution in [-0.2, 0) is 14.6 Å². The molecule has 0 atom stereocenters. The predicted octanol–water partition coefficient (Wildman–Crippen LogP) is 5.43. The standard InChI is InChI=1S/C27H24N2O4S/c1-3-22(23-6-4-5-7-25(23)34(2,32)33)27(20-13-14-24-21(16-20)17-28-29-24)19-11-8-18(9-12-19)10-15-26(30)31/h4-17H,3H2,1-2H3,(H,28,29)(H,30,31). The fourth-order valence-corrected chi connectivity index (χ4v) is 5.00. The monoisotopic (exact) mass is 472 g/mol. The molecule has 4 rings (SSSR count). The lowest BCUT2D eigenvalue weighted by atomic mass is 9.87. The van der Waals surface area contributed by atoms with Gasteiger partial charge in [0.15, 0.2) is 9.84 Å². The number of carboxylic acid groups (broad SMARTS) is 1. The number of aromatic amines is 1. The summed E-state index contributed by atoms with van der Waals surface area (Å²) in [6.07, 6.45) is 6.21. The average Bonchev–Trinajstić information content (AvgIpc) is 3.29. The molecule has 7 heteroatoms. The molecule has 0 amide bonds. The molecule has 172 valence electrons. The van der Waals surface area contributed by atoms with Gasteiger partial charge >= 0.3 is 5.97 Å². The van der Waals surface area contributed by atoms with Crippen LogP contribution in [0.15, 0.2) is 83.9 Å². The first-order valence-corrected chi connectivity index (χ1v) is 12.6. The number of aromatic nitrogens is 2. The molecule has 0 saturated heterocycles. The van der Waals surface area contributed by atoms with Crippen LogP contribution in [0.1, 0.15) is 35.6 Å². The molecule has 0 bridgehead atoms. The van der Waals surface area contributed by atoms with Crippen molar-refractivity contribution in [2.75, 3.05) is 6.26 Å². The highest BCUT2D eigenvalue weighted by Gasteiger charge is 2.20. The third kappa shape index (κ3) is 4.84. The van der Waals surface area contributed by atoms with Gasteiger partial charge in [0.25, 0.3) is 0 Å². The maximum absolute atomic E-state index is 12.6. The Balaban J connectivity index is 1.99. The summed E-state index contributed by atoms with van der Waals surface area (Å²) in [4.78, 5) is 11.2. The van der Waals surface area contributed by atoms with Gasteiger partial charge in [-0.05, 0) is 64.1 Å². The second kappa shape index (κ2) is 9.49. The lowest BCUT2D eigenvalue weighted by Crippen LogP contribution is -2.04. The number of carboxylic acids is 1. The number of fused-ring (bicyclic) bond motifs is 1. The van der Waals surface area contributed by atoms with Gasteiger partial charge in [0.05, 0.1) is 16.6 Å². The molecule has 6 nitrogen and oxygen atoms in total. The zero-order valence-electron chi connectivity index (χ0n) is 18.8. The van der Waals surface area contributed by atoms with Crippen LogP contribution < -0.4 is 0 Å². The molecule has 0 radical (unpaired) electrons. The Morgan fingerprint density at radius 1 is 1.03 bits per heavy atom. The molecule has 0 saturated carbocycles. The van der Waals surface area contributed by atoms with E-state index >= 15 is 0 Å². The first-order chi connectivity index (χ1) is 16.3. The van der Waals surface area contributed by atoms with Gasteiger partial charge in [-0.15, -0.1) is 0 Å². The summed E-state index contributed by atoms with van der Waals surface area (Å²) in [6.45, 7) is 2.01. The highest BCUT2D eigenvalue weighted by atomic mass is 32.2. The minimum absolute atomic E-state index is 0.287. The Kier molecular flexibility index (Phi) is 6.47. The summed E-state index contributed by atoms with van der Waals surface area (Å²) in [5, 5.41) is 16.9. The van der Waals surface area contributed by atoms with Crippen LogP contribution in [0.25, 0.3) is 28.1 Å². The Morgan fingerprint density at radius 2 is 1.74 bits per heavy atom. The zero-order chi connectivity index (χ0) is 24.3. The quantitative estimate of drug-likeness (QED) is 0.276. The van der Waals surface area contributed by atoms with Crippen LogP contribution in [0.5, 0.6) is 0 Å². The number of hydrogen-bond donors (Lipinski definition) is 2. The predicted molar refractivity (Wildman–Crippen MR) is 135 cm³/mol. The van der Waals surface area contributed by atoms with Gasteiger partial charge in [0.2, 0.25) is 0 Å². The van der Waals surface area contributed by atoms with Crippen LogP contribution in [0, 0.1) is 0 Å². The molecular weight excluding hydrogens is 448 g/mol. The van der Waals surface area contributed by atoms with Gasteiger partial charge < -0.3 is 5.11 Å². The van der Waals surface area contributed by atoms with Crippen molar-refractivity contribution < 1.29 is 18.3 Å². The van der Waals surface area contributed by atoms with Gasteiger partial charge in [-0.2, -0.15) is 5.10 Å². The number of aliphatic carboxylic acids is 1. The molecular formula is C27H24N2O4S. The lowest BCUT2D eigenvalue weighted by Gasteiger charge is -2.18. The number of benzene rings is 3. The number of allylic oxidation sites excluding steroid dienone is 1. The van der Waals surface area contributed by atoms with Crippen LogP contribution >= 0.6 is 0 Å². The molecule has 0 spiro atoms. The van der Waals surface area contributed by atoms with Crippen molar-refractivity contribution in [3.05, 3.63) is 101 Å². The first kappa shape index (κ1) is 23.2. The van der Waals surface area contributed by atoms with Gasteiger partial charge in [-0.25, -0.2) is 13.2 Å². The number of nitrogens with zero attached hydrogens (tertiary/aromatic N) is 1. The Morgan fingerprint density at radius 3 is 2.41 bits per heavy atom. The highest BCUT2D eigenvalue weighted by Crippen LogP contribution is 2.37. The molecule has 0 fully saturated rings. The fourth-order valence-electron chi connectivity index (χ4n) is 4.08. The highest BCUT2D eigenvalue weighted by molar-refractivity contribution is 7.90. The number of hydrogen-bond acceptors (Lipinski definition) is 4. The Labute approximate surface area is 198 Å². The van der Waals surface area contributed by atoms with E-state index in [1.165, 1.54) is 12.3 Å². The van der Waals surface area contributed by atoms with E-state index in [2.05, 4.69) is 10.2 Å². The number of carbonyl (C=O) groups is 1. The average molecular weight is 473 g/mol. The van der Waals surface area contributed by atoms with Gasteiger partial charge in [0, 0.05) is 17.7 Å². The molecule has 2 N–H and O–H groups in total. The number of nitrogens with one attached hydrogen (secondary N) is 1. The van der Waals surface area contributed by atoms with Crippen LogP contribution in [-0.4, -0.2) is 35.9 Å². The van der Waals surface area contributed by atoms with E-state index < -0.39 is 15.8 Å². The van der Waals surface area contributed by atoms with Crippen molar-refractivity contribution in [2.45, 2.75) is 18.2 Å². The molecule has 34 heavy (non-hydrogen) atoms. The number of rotatable bonds is 7. The number of sulfone groups is 1. The molecule has 0 aliphatic heterocycles. The summed E-state index contributed by atoms with van der Waals surface area (Å²) in [5.74, 6) is -1.01. The molecule has 1 heterocycles. The molecule has 3 aromatic carbocycles. The van der Waals surface area contributed by atoms with E-state index in [9.17, 15) is 13.2 Å². The molecule has 0 aliphatic rings. The summed E-state index contributed by atoms with van der Waals surface area (Å²) >= 11 is 0. The van der Waals surface area contributed by atoms with Gasteiger partial charge in [0.1, 0.15) is 0 Å². The van der Waals surface area contributed by atoms with E-state index in [1.54, 1.807) is 18.3 Å². The lowest BCUT2D eigenvalue weighted by molar-refractivity contribution is -0.131. The van der Waals surface area contributed by atoms with Gasteiger partial charge in [-0.1, -0.05) is 55.5 Å². The SMILES string of the molecule is CCC(=C(c1ccc(C=CC(=O)O)cc1)c1ccc2[nH]ncc2c1)c1ccccc1S(C)(=O)=O. The van der Waals surface area contributed by atoms with Crippen LogP contribution in [0.3, 0.4) is 0 Å². The smallest absolute Gasteiger partial charge is 0.328 e. The van der Waals surface area contributed by atoms with Crippen LogP contribution in [0.4, 0.5) is 0 Å². The van der Waals surface area contributed by atoms with Crippen molar-refractivity contribution >= 4 is 43.9 Å². The summed E-state index contributed by atoms with van der Waals surface area (Å²) in [6, 6.07) is 20.6. The third-order valence-electron chi connectivity index (χ3n) is 5.61. The zero-order valence-corrected chi connectivity index (χ0v) is 19.6. The minimum Gasteiger partial charge on any atom is -0.478 e. The van der Waals surface area contributed by atoms with Crippen molar-refractivity contribution in [1.29, 1.82) is 0 Å². The van der Waals surface area contributed by atoms with Crippen molar-refractivity contribution in [2.24, 2.45) is 0 Å². The topological polar surface area (TPSA) is 100 Å². The molecule has 4 aromatic rings. The van der Waals surface area contributed by atoms with E-state index in [0.717, 1.165) is 44.8 Å². The van der Waals surface area contributed by atoms with E-state index in [4.69, 9.17) is 5.11 Å². The molecule has 1 aromatic heterocycles. The maximum Gasteiger partial charge on any atom is 0.328 e.